The molecule has 2 rings (SSSR count). The van der Waals surface area contributed by atoms with E-state index >= 15 is 0 Å². The van der Waals surface area contributed by atoms with E-state index in [4.69, 9.17) is 9.84 Å². The van der Waals surface area contributed by atoms with E-state index < -0.39 is 5.97 Å². The highest BCUT2D eigenvalue weighted by molar-refractivity contribution is 5.95. The van der Waals surface area contributed by atoms with E-state index in [1.54, 1.807) is 12.1 Å². The molecule has 0 radical (unpaired) electrons. The average molecular weight is 319 g/mol. The summed E-state index contributed by atoms with van der Waals surface area (Å²) < 4.78 is 5.32. The number of benzene rings is 1. The number of hydrogen-bond acceptors (Lipinski definition) is 3. The summed E-state index contributed by atoms with van der Waals surface area (Å²) in [5.74, 6) is 0.0329. The van der Waals surface area contributed by atoms with E-state index in [2.05, 4.69) is 13.8 Å². The highest BCUT2D eigenvalue weighted by Crippen LogP contribution is 2.29. The molecule has 0 saturated carbocycles. The number of ether oxygens (including phenoxy) is 1. The van der Waals surface area contributed by atoms with Crippen molar-refractivity contribution in [2.45, 2.75) is 46.6 Å². The molecule has 1 aromatic carbocycles. The summed E-state index contributed by atoms with van der Waals surface area (Å²) in [6.45, 7) is 8.40. The summed E-state index contributed by atoms with van der Waals surface area (Å²) in [7, 11) is 0. The standard InChI is InChI=1S/C18H25NO4/c1-11(2)15-6-5-7-19(15)18(22)14-8-12(3)17(13(4)9-14)23-10-16(20)21/h8-9,11,15H,5-7,10H2,1-4H3,(H,20,21). The Balaban J connectivity index is 2.23. The summed E-state index contributed by atoms with van der Waals surface area (Å²) in [5, 5.41) is 8.74. The van der Waals surface area contributed by atoms with Crippen LogP contribution in [0.15, 0.2) is 12.1 Å². The van der Waals surface area contributed by atoms with Gasteiger partial charge in [-0.3, -0.25) is 4.79 Å². The van der Waals surface area contributed by atoms with E-state index in [1.165, 1.54) is 0 Å². The molecule has 1 N–H and O–H groups in total. The predicted molar refractivity (Wildman–Crippen MR) is 87.9 cm³/mol. The second-order valence-corrected chi connectivity index (χ2v) is 6.57. The molecule has 0 aromatic heterocycles. The van der Waals surface area contributed by atoms with Gasteiger partial charge in [-0.2, -0.15) is 0 Å². The largest absolute Gasteiger partial charge is 0.481 e. The minimum Gasteiger partial charge on any atom is -0.481 e. The van der Waals surface area contributed by atoms with Crippen LogP contribution in [0.25, 0.3) is 0 Å². The maximum Gasteiger partial charge on any atom is 0.341 e. The number of hydrogen-bond donors (Lipinski definition) is 1. The Hall–Kier alpha value is -2.04. The fraction of sp³-hybridized carbons (Fsp3) is 0.556. The van der Waals surface area contributed by atoms with Crippen LogP contribution in [0.4, 0.5) is 0 Å². The normalized spacial score (nSPS) is 17.6. The number of rotatable bonds is 5. The zero-order chi connectivity index (χ0) is 17.1. The second-order valence-electron chi connectivity index (χ2n) is 6.57. The summed E-state index contributed by atoms with van der Waals surface area (Å²) >= 11 is 0. The van der Waals surface area contributed by atoms with Gasteiger partial charge >= 0.3 is 5.97 Å². The lowest BCUT2D eigenvalue weighted by atomic mass is 10.0. The number of carboxylic acids is 1. The van der Waals surface area contributed by atoms with Crippen molar-refractivity contribution in [3.8, 4) is 5.75 Å². The zero-order valence-corrected chi connectivity index (χ0v) is 14.3. The van der Waals surface area contributed by atoms with Gasteiger partial charge in [0.25, 0.3) is 5.91 Å². The van der Waals surface area contributed by atoms with Gasteiger partial charge in [-0.25, -0.2) is 4.79 Å². The maximum atomic E-state index is 12.8. The minimum atomic E-state index is -1.01. The minimum absolute atomic E-state index is 0.0529. The van der Waals surface area contributed by atoms with Crippen LogP contribution < -0.4 is 4.74 Å². The molecule has 1 amide bonds. The van der Waals surface area contributed by atoms with Crippen LogP contribution in [-0.4, -0.2) is 41.1 Å². The van der Waals surface area contributed by atoms with Crippen molar-refractivity contribution in [1.82, 2.24) is 4.90 Å². The van der Waals surface area contributed by atoms with Crippen molar-refractivity contribution in [2.24, 2.45) is 5.92 Å². The van der Waals surface area contributed by atoms with Crippen molar-refractivity contribution >= 4 is 11.9 Å². The summed E-state index contributed by atoms with van der Waals surface area (Å²) in [6, 6.07) is 3.89. The molecule has 1 saturated heterocycles. The lowest BCUT2D eigenvalue weighted by Crippen LogP contribution is -2.38. The first-order chi connectivity index (χ1) is 10.8. The number of carbonyl (C=O) groups is 2. The van der Waals surface area contributed by atoms with Gasteiger partial charge in [-0.1, -0.05) is 13.8 Å². The molecule has 5 nitrogen and oxygen atoms in total. The number of carboxylic acid groups (broad SMARTS) is 1. The second kappa shape index (κ2) is 7.02. The molecule has 1 unspecified atom stereocenters. The van der Waals surface area contributed by atoms with Crippen molar-refractivity contribution in [1.29, 1.82) is 0 Å². The number of carbonyl (C=O) groups excluding carboxylic acids is 1. The molecule has 0 bridgehead atoms. The van der Waals surface area contributed by atoms with Gasteiger partial charge in [-0.05, 0) is 55.9 Å². The number of amides is 1. The third-order valence-corrected chi connectivity index (χ3v) is 4.38. The Labute approximate surface area is 137 Å². The SMILES string of the molecule is Cc1cc(C(=O)N2CCCC2C(C)C)cc(C)c1OCC(=O)O. The average Bonchev–Trinajstić information content (AvgIpc) is 2.94. The van der Waals surface area contributed by atoms with Crippen molar-refractivity contribution < 1.29 is 19.4 Å². The van der Waals surface area contributed by atoms with Gasteiger partial charge in [0.05, 0.1) is 0 Å². The first-order valence-corrected chi connectivity index (χ1v) is 8.08. The molecular formula is C18H25NO4. The van der Waals surface area contributed by atoms with Crippen LogP contribution in [0.3, 0.4) is 0 Å². The fourth-order valence-electron chi connectivity index (χ4n) is 3.34. The predicted octanol–water partition coefficient (Wildman–Crippen LogP) is 3.03. The lowest BCUT2D eigenvalue weighted by Gasteiger charge is -2.28. The molecule has 0 spiro atoms. The first kappa shape index (κ1) is 17.3. The van der Waals surface area contributed by atoms with Crippen LogP contribution in [0, 0.1) is 19.8 Å². The summed E-state index contributed by atoms with van der Waals surface area (Å²) in [5.41, 5.74) is 2.22. The quantitative estimate of drug-likeness (QED) is 0.906. The number of aliphatic carboxylic acids is 1. The van der Waals surface area contributed by atoms with E-state index in [9.17, 15) is 9.59 Å². The van der Waals surface area contributed by atoms with Gasteiger partial charge in [0.2, 0.25) is 0 Å². The van der Waals surface area contributed by atoms with Crippen molar-refractivity contribution in [3.63, 3.8) is 0 Å². The Bertz CT molecular complexity index is 586. The molecule has 5 heteroatoms. The molecule has 126 valence electrons. The highest BCUT2D eigenvalue weighted by atomic mass is 16.5. The van der Waals surface area contributed by atoms with Gasteiger partial charge < -0.3 is 14.7 Å². The van der Waals surface area contributed by atoms with E-state index in [1.807, 2.05) is 18.7 Å². The molecule has 23 heavy (non-hydrogen) atoms. The van der Waals surface area contributed by atoms with Crippen LogP contribution >= 0.6 is 0 Å². The van der Waals surface area contributed by atoms with E-state index in [0.717, 1.165) is 30.5 Å². The molecule has 1 heterocycles. The third-order valence-electron chi connectivity index (χ3n) is 4.38. The van der Waals surface area contributed by atoms with Crippen LogP contribution in [-0.2, 0) is 4.79 Å². The van der Waals surface area contributed by atoms with Crippen LogP contribution in [0.1, 0.15) is 48.2 Å². The smallest absolute Gasteiger partial charge is 0.341 e. The van der Waals surface area contributed by atoms with Crippen LogP contribution in [0.2, 0.25) is 0 Å². The van der Waals surface area contributed by atoms with Gasteiger partial charge in [-0.15, -0.1) is 0 Å². The Kier molecular flexibility index (Phi) is 5.29. The number of aryl methyl sites for hydroxylation is 2. The molecule has 1 fully saturated rings. The summed E-state index contributed by atoms with van der Waals surface area (Å²) in [4.78, 5) is 25.5. The molecular weight excluding hydrogens is 294 g/mol. The van der Waals surface area contributed by atoms with Gasteiger partial charge in [0.1, 0.15) is 5.75 Å². The monoisotopic (exact) mass is 319 g/mol. The number of nitrogens with zero attached hydrogens (tertiary/aromatic N) is 1. The Morgan fingerprint density at radius 1 is 1.30 bits per heavy atom. The van der Waals surface area contributed by atoms with E-state index in [-0.39, 0.29) is 12.5 Å². The fourth-order valence-corrected chi connectivity index (χ4v) is 3.34. The van der Waals surface area contributed by atoms with Gasteiger partial charge in [0, 0.05) is 18.2 Å². The third kappa shape index (κ3) is 3.84. The van der Waals surface area contributed by atoms with Gasteiger partial charge in [0.15, 0.2) is 6.61 Å². The summed E-state index contributed by atoms with van der Waals surface area (Å²) in [6.07, 6.45) is 2.10. The van der Waals surface area contributed by atoms with Crippen molar-refractivity contribution in [2.75, 3.05) is 13.2 Å². The maximum absolute atomic E-state index is 12.8. The molecule has 0 aliphatic carbocycles. The molecule has 1 aromatic rings. The zero-order valence-electron chi connectivity index (χ0n) is 14.3. The van der Waals surface area contributed by atoms with E-state index in [0.29, 0.717) is 23.3 Å². The molecule has 1 atom stereocenters. The molecule has 1 aliphatic heterocycles. The molecule has 1 aliphatic rings. The Morgan fingerprint density at radius 3 is 2.43 bits per heavy atom. The lowest BCUT2D eigenvalue weighted by molar-refractivity contribution is -0.139. The first-order valence-electron chi connectivity index (χ1n) is 8.08. The topological polar surface area (TPSA) is 66.8 Å². The Morgan fingerprint density at radius 2 is 1.91 bits per heavy atom. The van der Waals surface area contributed by atoms with Crippen LogP contribution in [0.5, 0.6) is 5.75 Å². The highest BCUT2D eigenvalue weighted by Gasteiger charge is 2.31. The number of likely N-dealkylation sites (tertiary alicyclic amines) is 1. The van der Waals surface area contributed by atoms with Crippen molar-refractivity contribution in [3.05, 3.63) is 28.8 Å².